The quantitative estimate of drug-likeness (QED) is 0.852. The topological polar surface area (TPSA) is 61.9 Å². The van der Waals surface area contributed by atoms with E-state index < -0.39 is 0 Å². The van der Waals surface area contributed by atoms with E-state index in [1.807, 2.05) is 21.7 Å². The zero-order valence-corrected chi connectivity index (χ0v) is 14.2. The number of hydrogen-bond acceptors (Lipinski definition) is 5. The number of thiophene rings is 1. The highest BCUT2D eigenvalue weighted by atomic mass is 32.1. The Labute approximate surface area is 140 Å². The third-order valence-corrected chi connectivity index (χ3v) is 5.40. The molecule has 7 heteroatoms. The molecule has 2 fully saturated rings. The van der Waals surface area contributed by atoms with Crippen LogP contribution in [0.4, 0.5) is 4.79 Å². The van der Waals surface area contributed by atoms with Gasteiger partial charge in [0.15, 0.2) is 0 Å². The van der Waals surface area contributed by atoms with Crippen molar-refractivity contribution in [1.82, 2.24) is 15.1 Å². The third kappa shape index (κ3) is 3.50. The number of ether oxygens (including phenoxy) is 1. The number of urea groups is 1. The van der Waals surface area contributed by atoms with Gasteiger partial charge in [-0.25, -0.2) is 9.59 Å². The van der Waals surface area contributed by atoms with Crippen LogP contribution >= 0.6 is 11.3 Å². The lowest BCUT2D eigenvalue weighted by Gasteiger charge is -2.41. The highest BCUT2D eigenvalue weighted by Crippen LogP contribution is 2.29. The van der Waals surface area contributed by atoms with Crippen LogP contribution in [0.3, 0.4) is 0 Å². The number of nitrogens with zero attached hydrogens (tertiary/aromatic N) is 2. The van der Waals surface area contributed by atoms with Crippen LogP contribution in [0.1, 0.15) is 30.9 Å². The monoisotopic (exact) mass is 337 g/mol. The van der Waals surface area contributed by atoms with E-state index in [1.54, 1.807) is 11.3 Å². The molecule has 3 rings (SSSR count). The minimum absolute atomic E-state index is 0.0528. The number of nitrogens with one attached hydrogen (secondary N) is 1. The van der Waals surface area contributed by atoms with Gasteiger partial charge in [-0.15, -0.1) is 0 Å². The lowest BCUT2D eigenvalue weighted by Crippen LogP contribution is -2.54. The summed E-state index contributed by atoms with van der Waals surface area (Å²) in [6, 6.07) is 1.97. The molecule has 0 bridgehead atoms. The second kappa shape index (κ2) is 7.31. The minimum Gasteiger partial charge on any atom is -0.468 e. The summed E-state index contributed by atoms with van der Waals surface area (Å²) in [4.78, 5) is 28.3. The molecule has 2 aliphatic rings. The van der Waals surface area contributed by atoms with Crippen molar-refractivity contribution < 1.29 is 14.3 Å². The standard InChI is InChI=1S/C16H23N3O3S/c1-22-15(20)14(12-5-10-23-11-12)18-8-3-13(4-9-18)19-7-2-6-17-16(19)21/h5,10-11,13-14H,2-4,6-9H2,1H3,(H,17,21). The molecule has 0 aliphatic carbocycles. The van der Waals surface area contributed by atoms with Gasteiger partial charge in [-0.3, -0.25) is 4.90 Å². The van der Waals surface area contributed by atoms with E-state index in [2.05, 4.69) is 10.2 Å². The van der Waals surface area contributed by atoms with Crippen molar-refractivity contribution in [2.75, 3.05) is 33.3 Å². The van der Waals surface area contributed by atoms with Gasteiger partial charge in [0.05, 0.1) is 7.11 Å². The largest absolute Gasteiger partial charge is 0.468 e. The highest BCUT2D eigenvalue weighted by Gasteiger charge is 2.35. The Morgan fingerprint density at radius 2 is 2.17 bits per heavy atom. The number of rotatable bonds is 4. The summed E-state index contributed by atoms with van der Waals surface area (Å²) < 4.78 is 5.00. The highest BCUT2D eigenvalue weighted by molar-refractivity contribution is 7.08. The van der Waals surface area contributed by atoms with Crippen LogP contribution in [-0.4, -0.2) is 61.1 Å². The maximum absolute atomic E-state index is 12.2. The predicted molar refractivity (Wildman–Crippen MR) is 88.4 cm³/mol. The van der Waals surface area contributed by atoms with E-state index in [0.717, 1.165) is 51.0 Å². The summed E-state index contributed by atoms with van der Waals surface area (Å²) in [5, 5.41) is 6.90. The number of hydrogen-bond donors (Lipinski definition) is 1. The molecule has 126 valence electrons. The fraction of sp³-hybridized carbons (Fsp3) is 0.625. The summed E-state index contributed by atoms with van der Waals surface area (Å²) in [5.74, 6) is -0.211. The fourth-order valence-electron chi connectivity index (χ4n) is 3.49. The Morgan fingerprint density at radius 1 is 1.39 bits per heavy atom. The molecule has 6 nitrogen and oxygen atoms in total. The van der Waals surface area contributed by atoms with Crippen molar-refractivity contribution in [2.24, 2.45) is 0 Å². The molecule has 2 saturated heterocycles. The van der Waals surface area contributed by atoms with Crippen LogP contribution < -0.4 is 5.32 Å². The summed E-state index contributed by atoms with van der Waals surface area (Å²) in [5.41, 5.74) is 0.996. The summed E-state index contributed by atoms with van der Waals surface area (Å²) in [6.07, 6.45) is 2.79. The smallest absolute Gasteiger partial charge is 0.327 e. The summed E-state index contributed by atoms with van der Waals surface area (Å²) >= 11 is 1.59. The average molecular weight is 337 g/mol. The molecule has 0 spiro atoms. The molecule has 1 aromatic heterocycles. The van der Waals surface area contributed by atoms with Gasteiger partial charge in [-0.05, 0) is 41.7 Å². The Kier molecular flexibility index (Phi) is 5.17. The maximum Gasteiger partial charge on any atom is 0.327 e. The van der Waals surface area contributed by atoms with E-state index in [0.29, 0.717) is 0 Å². The minimum atomic E-state index is -0.331. The van der Waals surface area contributed by atoms with Gasteiger partial charge in [0, 0.05) is 32.2 Å². The van der Waals surface area contributed by atoms with Crippen LogP contribution in [0.25, 0.3) is 0 Å². The van der Waals surface area contributed by atoms with Gasteiger partial charge in [-0.2, -0.15) is 11.3 Å². The Balaban J connectivity index is 1.64. The molecule has 1 atom stereocenters. The molecule has 3 heterocycles. The van der Waals surface area contributed by atoms with Crippen molar-refractivity contribution >= 4 is 23.3 Å². The van der Waals surface area contributed by atoms with E-state index in [4.69, 9.17) is 4.74 Å². The summed E-state index contributed by atoms with van der Waals surface area (Å²) in [6.45, 7) is 3.20. The fourth-order valence-corrected chi connectivity index (χ4v) is 4.17. The number of carbonyl (C=O) groups is 2. The van der Waals surface area contributed by atoms with E-state index in [9.17, 15) is 9.59 Å². The molecular formula is C16H23N3O3S. The van der Waals surface area contributed by atoms with Crippen LogP contribution in [0.5, 0.6) is 0 Å². The van der Waals surface area contributed by atoms with Gasteiger partial charge in [-0.1, -0.05) is 0 Å². The number of amides is 2. The predicted octanol–water partition coefficient (Wildman–Crippen LogP) is 1.84. The Bertz CT molecular complexity index is 541. The molecular weight excluding hydrogens is 314 g/mol. The first kappa shape index (κ1) is 16.3. The molecule has 23 heavy (non-hydrogen) atoms. The molecule has 0 saturated carbocycles. The van der Waals surface area contributed by atoms with Gasteiger partial charge < -0.3 is 15.0 Å². The lowest BCUT2D eigenvalue weighted by molar-refractivity contribution is -0.148. The molecule has 0 radical (unpaired) electrons. The lowest BCUT2D eigenvalue weighted by atomic mass is 9.99. The van der Waals surface area contributed by atoms with E-state index in [1.165, 1.54) is 7.11 Å². The van der Waals surface area contributed by atoms with Gasteiger partial charge in [0.25, 0.3) is 0 Å². The molecule has 2 amide bonds. The number of carbonyl (C=O) groups excluding carboxylic acids is 2. The van der Waals surface area contributed by atoms with Crippen molar-refractivity contribution in [2.45, 2.75) is 31.3 Å². The van der Waals surface area contributed by atoms with Gasteiger partial charge >= 0.3 is 12.0 Å². The average Bonchev–Trinajstić information content (AvgIpc) is 3.10. The molecule has 0 aromatic carbocycles. The van der Waals surface area contributed by atoms with Gasteiger partial charge in [0.1, 0.15) is 6.04 Å². The number of piperidine rings is 1. The maximum atomic E-state index is 12.2. The van der Waals surface area contributed by atoms with Gasteiger partial charge in [0.2, 0.25) is 0 Å². The first-order valence-corrected chi connectivity index (χ1v) is 9.03. The van der Waals surface area contributed by atoms with Crippen LogP contribution in [0.2, 0.25) is 0 Å². The van der Waals surface area contributed by atoms with Crippen LogP contribution in [0, 0.1) is 0 Å². The van der Waals surface area contributed by atoms with Crippen molar-refractivity contribution in [3.05, 3.63) is 22.4 Å². The second-order valence-electron chi connectivity index (χ2n) is 6.03. The Hall–Kier alpha value is -1.60. The molecule has 1 aromatic rings. The normalized spacial score (nSPS) is 21.8. The first-order valence-electron chi connectivity index (χ1n) is 8.09. The first-order chi connectivity index (χ1) is 11.2. The van der Waals surface area contributed by atoms with Crippen LogP contribution in [-0.2, 0) is 9.53 Å². The van der Waals surface area contributed by atoms with Crippen molar-refractivity contribution in [1.29, 1.82) is 0 Å². The molecule has 2 aliphatic heterocycles. The number of likely N-dealkylation sites (tertiary alicyclic amines) is 1. The zero-order valence-electron chi connectivity index (χ0n) is 13.4. The zero-order chi connectivity index (χ0) is 16.2. The van der Waals surface area contributed by atoms with E-state index >= 15 is 0 Å². The van der Waals surface area contributed by atoms with Crippen LogP contribution in [0.15, 0.2) is 16.8 Å². The second-order valence-corrected chi connectivity index (χ2v) is 6.81. The summed E-state index contributed by atoms with van der Waals surface area (Å²) in [7, 11) is 1.44. The van der Waals surface area contributed by atoms with Crippen molar-refractivity contribution in [3.63, 3.8) is 0 Å². The molecule has 1 N–H and O–H groups in total. The van der Waals surface area contributed by atoms with Crippen molar-refractivity contribution in [3.8, 4) is 0 Å². The third-order valence-electron chi connectivity index (χ3n) is 4.70. The number of esters is 1. The molecule has 1 unspecified atom stereocenters. The number of methoxy groups -OCH3 is 1. The SMILES string of the molecule is COC(=O)C(c1ccsc1)N1CCC(N2CCCNC2=O)CC1. The Morgan fingerprint density at radius 3 is 2.78 bits per heavy atom. The van der Waals surface area contributed by atoms with E-state index in [-0.39, 0.29) is 24.1 Å².